The summed E-state index contributed by atoms with van der Waals surface area (Å²) in [6.07, 6.45) is 6.04. The second-order valence-corrected chi connectivity index (χ2v) is 8.92. The third-order valence-corrected chi connectivity index (χ3v) is 5.59. The van der Waals surface area contributed by atoms with Crippen LogP contribution in [0.3, 0.4) is 0 Å². The largest absolute Gasteiger partial charge is 0.456 e. The molecule has 1 aliphatic carbocycles. The number of hydrogen-bond acceptors (Lipinski definition) is 4. The van der Waals surface area contributed by atoms with Crippen LogP contribution in [0.15, 0.2) is 45.7 Å². The summed E-state index contributed by atoms with van der Waals surface area (Å²) < 4.78 is 6.57. The summed E-state index contributed by atoms with van der Waals surface area (Å²) in [6, 6.07) is 8.39. The predicted octanol–water partition coefficient (Wildman–Crippen LogP) is 6.04. The highest BCUT2D eigenvalue weighted by molar-refractivity contribution is 5.84. The van der Waals surface area contributed by atoms with Crippen LogP contribution >= 0.6 is 0 Å². The molecular weight excluding hydrogens is 384 g/mol. The third-order valence-electron chi connectivity index (χ3n) is 5.59. The molecule has 1 heterocycles. The van der Waals surface area contributed by atoms with Crippen LogP contribution in [0.4, 0.5) is 0 Å². The van der Waals surface area contributed by atoms with Gasteiger partial charge in [0, 0.05) is 25.2 Å². The van der Waals surface area contributed by atoms with Gasteiger partial charge in [0.1, 0.15) is 29.2 Å². The Labute approximate surface area is 185 Å². The van der Waals surface area contributed by atoms with E-state index in [1.54, 1.807) is 6.08 Å². The number of ether oxygens (including phenoxy) is 1. The first kappa shape index (κ1) is 22.4. The van der Waals surface area contributed by atoms with Gasteiger partial charge in [0.2, 0.25) is 0 Å². The van der Waals surface area contributed by atoms with Crippen molar-refractivity contribution in [3.05, 3.63) is 57.4 Å². The molecule has 31 heavy (non-hydrogen) atoms. The van der Waals surface area contributed by atoms with E-state index < -0.39 is 0 Å². The van der Waals surface area contributed by atoms with Crippen molar-refractivity contribution < 1.29 is 4.74 Å². The Hall–Kier alpha value is -3.31. The Morgan fingerprint density at radius 1 is 1.10 bits per heavy atom. The summed E-state index contributed by atoms with van der Waals surface area (Å²) in [6.45, 7) is 8.74. The van der Waals surface area contributed by atoms with Gasteiger partial charge in [-0.1, -0.05) is 33.8 Å². The molecule has 0 N–H and O–H groups in total. The molecule has 1 aliphatic heterocycles. The second kappa shape index (κ2) is 9.23. The minimum Gasteiger partial charge on any atom is -0.456 e. The van der Waals surface area contributed by atoms with Crippen LogP contribution in [-0.4, -0.2) is 25.3 Å². The lowest BCUT2D eigenvalue weighted by Crippen LogP contribution is -2.18. The van der Waals surface area contributed by atoms with E-state index in [1.807, 2.05) is 37.5 Å². The van der Waals surface area contributed by atoms with Gasteiger partial charge in [0.25, 0.3) is 0 Å². The highest BCUT2D eigenvalue weighted by Crippen LogP contribution is 2.48. The molecule has 5 nitrogen and oxygen atoms in total. The molecule has 1 aromatic rings. The molecule has 0 saturated heterocycles. The van der Waals surface area contributed by atoms with Gasteiger partial charge in [0.05, 0.1) is 12.0 Å². The lowest BCUT2D eigenvalue weighted by Gasteiger charge is -2.31. The van der Waals surface area contributed by atoms with Crippen molar-refractivity contribution in [2.24, 2.45) is 4.99 Å². The van der Waals surface area contributed by atoms with Crippen LogP contribution in [0.2, 0.25) is 0 Å². The fourth-order valence-corrected chi connectivity index (χ4v) is 3.94. The maximum atomic E-state index is 9.26. The molecule has 160 valence electrons. The van der Waals surface area contributed by atoms with Gasteiger partial charge in [-0.05, 0) is 59.9 Å². The third kappa shape index (κ3) is 4.57. The van der Waals surface area contributed by atoms with Crippen LogP contribution in [0.5, 0.6) is 5.75 Å². The standard InChI is InChI=1S/C26H30N4O/c1-16(2)20-11-22(17(3)4)26-23(12-20)24(29-15-30(5)6)21-9-7-8-19(25(21)31-26)10-18(13-27)14-28/h10-12,15-17H,7-9H2,1-6H3. The van der Waals surface area contributed by atoms with Gasteiger partial charge in [-0.25, -0.2) is 4.99 Å². The van der Waals surface area contributed by atoms with Crippen molar-refractivity contribution in [1.82, 2.24) is 4.90 Å². The SMILES string of the molecule is CC(C)c1cc2c(c(C(C)C)c1)OC1=C(C=C(C#N)C#N)CCCC1=C2N=CN(C)C. The molecule has 0 bridgehead atoms. The monoisotopic (exact) mass is 414 g/mol. The highest BCUT2D eigenvalue weighted by Gasteiger charge is 2.32. The summed E-state index contributed by atoms with van der Waals surface area (Å²) in [5.41, 5.74) is 6.41. The first-order chi connectivity index (χ1) is 14.8. The summed E-state index contributed by atoms with van der Waals surface area (Å²) in [5.74, 6) is 2.27. The van der Waals surface area contributed by atoms with Crippen LogP contribution < -0.4 is 4.74 Å². The average Bonchev–Trinajstić information content (AvgIpc) is 2.73. The van der Waals surface area contributed by atoms with E-state index in [9.17, 15) is 10.5 Å². The summed E-state index contributed by atoms with van der Waals surface area (Å²) in [7, 11) is 3.91. The topological polar surface area (TPSA) is 72.4 Å². The molecule has 1 aromatic carbocycles. The zero-order valence-electron chi connectivity index (χ0n) is 19.3. The number of aliphatic imine (C=N–C) groups is 1. The van der Waals surface area contributed by atoms with Gasteiger partial charge < -0.3 is 9.64 Å². The van der Waals surface area contributed by atoms with Crippen molar-refractivity contribution in [2.75, 3.05) is 14.1 Å². The van der Waals surface area contributed by atoms with Gasteiger partial charge in [-0.2, -0.15) is 10.5 Å². The quantitative estimate of drug-likeness (QED) is 0.334. The fraction of sp³-hybridized carbons (Fsp3) is 0.423. The number of nitrogens with zero attached hydrogens (tertiary/aromatic N) is 4. The lowest BCUT2D eigenvalue weighted by molar-refractivity contribution is 0.401. The molecule has 0 amide bonds. The summed E-state index contributed by atoms with van der Waals surface area (Å²) in [4.78, 5) is 6.80. The van der Waals surface area contributed by atoms with Crippen molar-refractivity contribution in [1.29, 1.82) is 10.5 Å². The maximum Gasteiger partial charge on any atom is 0.140 e. The molecule has 0 fully saturated rings. The van der Waals surface area contributed by atoms with Gasteiger partial charge >= 0.3 is 0 Å². The van der Waals surface area contributed by atoms with E-state index in [1.165, 1.54) is 5.56 Å². The average molecular weight is 415 g/mol. The smallest absolute Gasteiger partial charge is 0.140 e. The Bertz CT molecular complexity index is 1070. The van der Waals surface area contributed by atoms with E-state index in [4.69, 9.17) is 9.73 Å². The molecule has 5 heteroatoms. The maximum absolute atomic E-state index is 9.26. The van der Waals surface area contributed by atoms with Gasteiger partial charge in [0.15, 0.2) is 0 Å². The Kier molecular flexibility index (Phi) is 6.66. The number of rotatable bonds is 5. The van der Waals surface area contributed by atoms with E-state index >= 15 is 0 Å². The van der Waals surface area contributed by atoms with Gasteiger partial charge in [-0.3, -0.25) is 0 Å². The summed E-state index contributed by atoms with van der Waals surface area (Å²) in [5, 5.41) is 18.5. The molecule has 3 rings (SSSR count). The number of hydrogen-bond donors (Lipinski definition) is 0. The first-order valence-electron chi connectivity index (χ1n) is 10.8. The minimum atomic E-state index is 0.0933. The molecule has 2 aliphatic rings. The normalized spacial score (nSPS) is 15.4. The number of fused-ring (bicyclic) bond motifs is 2. The van der Waals surface area contributed by atoms with Crippen LogP contribution in [-0.2, 0) is 0 Å². The molecule has 0 radical (unpaired) electrons. The molecule has 0 atom stereocenters. The van der Waals surface area contributed by atoms with Crippen LogP contribution in [0.1, 0.15) is 75.5 Å². The number of allylic oxidation sites excluding steroid dienone is 4. The van der Waals surface area contributed by atoms with Crippen molar-refractivity contribution in [2.45, 2.75) is 58.8 Å². The molecule has 0 spiro atoms. The Morgan fingerprint density at radius 3 is 2.39 bits per heavy atom. The zero-order chi connectivity index (χ0) is 22.7. The van der Waals surface area contributed by atoms with Crippen molar-refractivity contribution in [3.63, 3.8) is 0 Å². The molecule has 0 aromatic heterocycles. The summed E-state index contributed by atoms with van der Waals surface area (Å²) >= 11 is 0. The van der Waals surface area contributed by atoms with E-state index in [0.717, 1.165) is 58.7 Å². The van der Waals surface area contributed by atoms with Crippen LogP contribution in [0.25, 0.3) is 5.70 Å². The minimum absolute atomic E-state index is 0.0933. The Balaban J connectivity index is 2.36. The lowest BCUT2D eigenvalue weighted by atomic mass is 9.84. The zero-order valence-corrected chi connectivity index (χ0v) is 19.3. The number of nitriles is 2. The van der Waals surface area contributed by atoms with Crippen LogP contribution in [0, 0.1) is 22.7 Å². The molecular formula is C26H30N4O. The Morgan fingerprint density at radius 2 is 1.81 bits per heavy atom. The predicted molar refractivity (Wildman–Crippen MR) is 125 cm³/mol. The van der Waals surface area contributed by atoms with E-state index in [2.05, 4.69) is 39.8 Å². The molecule has 0 saturated carbocycles. The molecule has 0 unspecified atom stereocenters. The van der Waals surface area contributed by atoms with E-state index in [-0.39, 0.29) is 11.5 Å². The fourth-order valence-electron chi connectivity index (χ4n) is 3.94. The second-order valence-electron chi connectivity index (χ2n) is 8.92. The van der Waals surface area contributed by atoms with Crippen molar-refractivity contribution in [3.8, 4) is 17.9 Å². The van der Waals surface area contributed by atoms with E-state index in [0.29, 0.717) is 5.92 Å². The first-order valence-corrected chi connectivity index (χ1v) is 10.8. The highest BCUT2D eigenvalue weighted by atomic mass is 16.5. The van der Waals surface area contributed by atoms with Crippen molar-refractivity contribution >= 4 is 12.0 Å². The number of benzene rings is 1. The van der Waals surface area contributed by atoms with Gasteiger partial charge in [-0.15, -0.1) is 0 Å².